The summed E-state index contributed by atoms with van der Waals surface area (Å²) in [6, 6.07) is 4.99. The van der Waals surface area contributed by atoms with Crippen molar-refractivity contribution in [3.8, 4) is 28.7 Å². The molecule has 20 heteroatoms. The minimum Gasteiger partial charge on any atom is -0.484 e. The molecule has 0 saturated heterocycles. The molecule has 0 atom stereocenters. The third-order valence-corrected chi connectivity index (χ3v) is 8.64. The van der Waals surface area contributed by atoms with Gasteiger partial charge in [-0.2, -0.15) is 0 Å². The molecule has 0 aliphatic rings. The highest BCUT2D eigenvalue weighted by atomic mass is 19.2. The van der Waals surface area contributed by atoms with Gasteiger partial charge in [0.05, 0.1) is 0 Å². The number of halogens is 15. The van der Waals surface area contributed by atoms with Crippen LogP contribution >= 0.6 is 0 Å². The topological polar surface area (TPSA) is 46.2 Å². The minimum atomic E-state index is -1.89. The fourth-order valence-electron chi connectivity index (χ4n) is 5.73. The van der Waals surface area contributed by atoms with Gasteiger partial charge < -0.3 is 23.7 Å². The zero-order chi connectivity index (χ0) is 45.2. The lowest BCUT2D eigenvalue weighted by Crippen LogP contribution is -2.11. The second-order valence-corrected chi connectivity index (χ2v) is 13.1. The normalized spacial score (nSPS) is 11.2. The molecule has 0 aliphatic carbocycles. The highest BCUT2D eigenvalue weighted by Crippen LogP contribution is 2.55. The standard InChI is InChI=1S/C42H23F15O5/c1-17-38(58-12-18-2-23(43)33(53)24(44)3-18)40(60-14-20-6-27(47)35(55)28(48)7-20)42(62-16-22-10-31(51)37(57)32(52)11-22)41(61-15-21-8-29(49)36(56)30(50)9-21)39(17)59-13-19-4-25(45)34(54)26(46)5-19/h2-11H,12-16H2,1H3. The fourth-order valence-corrected chi connectivity index (χ4v) is 5.73. The Hall–Kier alpha value is -6.73. The summed E-state index contributed by atoms with van der Waals surface area (Å²) in [7, 11) is 0. The number of hydrogen-bond donors (Lipinski definition) is 0. The van der Waals surface area contributed by atoms with E-state index < -0.39 is 177 Å². The Morgan fingerprint density at radius 1 is 0.258 bits per heavy atom. The number of benzene rings is 6. The average Bonchev–Trinajstić information content (AvgIpc) is 3.21. The summed E-state index contributed by atoms with van der Waals surface area (Å²) in [5.74, 6) is -29.7. The van der Waals surface area contributed by atoms with Crippen molar-refractivity contribution < 1.29 is 89.5 Å². The van der Waals surface area contributed by atoms with Gasteiger partial charge >= 0.3 is 0 Å². The van der Waals surface area contributed by atoms with Gasteiger partial charge in [0.15, 0.2) is 98.8 Å². The quantitative estimate of drug-likeness (QED) is 0.0759. The molecular weight excluding hydrogens is 869 g/mol. The van der Waals surface area contributed by atoms with Crippen LogP contribution < -0.4 is 23.7 Å². The summed E-state index contributed by atoms with van der Waals surface area (Å²) in [6.07, 6.45) is 0. The van der Waals surface area contributed by atoms with Crippen LogP contribution in [0.1, 0.15) is 33.4 Å². The van der Waals surface area contributed by atoms with Crippen LogP contribution in [0.5, 0.6) is 28.7 Å². The first-order valence-electron chi connectivity index (χ1n) is 17.3. The molecule has 0 amide bonds. The van der Waals surface area contributed by atoms with Crippen molar-refractivity contribution in [2.45, 2.75) is 40.0 Å². The molecule has 0 fully saturated rings. The molecule has 6 aromatic carbocycles. The van der Waals surface area contributed by atoms with Crippen LogP contribution in [-0.2, 0) is 33.0 Å². The molecule has 5 nitrogen and oxygen atoms in total. The lowest BCUT2D eigenvalue weighted by atomic mass is 10.1. The molecule has 6 rings (SSSR count). The first kappa shape index (κ1) is 44.8. The molecule has 0 aromatic heterocycles. The predicted molar refractivity (Wildman–Crippen MR) is 184 cm³/mol. The van der Waals surface area contributed by atoms with Gasteiger partial charge in [-0.05, 0) is 95.4 Å². The zero-order valence-electron chi connectivity index (χ0n) is 31.0. The van der Waals surface area contributed by atoms with Gasteiger partial charge in [-0.1, -0.05) is 0 Å². The summed E-state index contributed by atoms with van der Waals surface area (Å²) in [5, 5.41) is 0. The minimum absolute atomic E-state index is 0.333. The largest absolute Gasteiger partial charge is 0.484 e. The van der Waals surface area contributed by atoms with Crippen molar-refractivity contribution in [1.82, 2.24) is 0 Å². The third kappa shape index (κ3) is 9.74. The Morgan fingerprint density at radius 3 is 0.581 bits per heavy atom. The maximum absolute atomic E-state index is 14.3. The van der Waals surface area contributed by atoms with E-state index >= 15 is 0 Å². The van der Waals surface area contributed by atoms with E-state index in [0.717, 1.165) is 6.92 Å². The number of hydrogen-bond acceptors (Lipinski definition) is 5. The first-order chi connectivity index (χ1) is 29.3. The van der Waals surface area contributed by atoms with E-state index in [2.05, 4.69) is 0 Å². The van der Waals surface area contributed by atoms with E-state index in [1.165, 1.54) is 0 Å². The van der Waals surface area contributed by atoms with Gasteiger partial charge in [0.2, 0.25) is 17.2 Å². The molecular formula is C42H23F15O5. The summed E-state index contributed by atoms with van der Waals surface area (Å²) < 4.78 is 241. The fraction of sp³-hybridized carbons (Fsp3) is 0.143. The lowest BCUT2D eigenvalue weighted by Gasteiger charge is -2.25. The van der Waals surface area contributed by atoms with Gasteiger partial charge in [-0.3, -0.25) is 0 Å². The smallest absolute Gasteiger partial charge is 0.211 e. The highest BCUT2D eigenvalue weighted by molar-refractivity contribution is 5.70. The molecule has 326 valence electrons. The summed E-state index contributed by atoms with van der Waals surface area (Å²) in [5.41, 5.74) is -2.43. The van der Waals surface area contributed by atoms with Gasteiger partial charge in [0.1, 0.15) is 33.0 Å². The molecule has 0 heterocycles. The molecule has 0 N–H and O–H groups in total. The third-order valence-electron chi connectivity index (χ3n) is 8.64. The lowest BCUT2D eigenvalue weighted by molar-refractivity contribution is 0.198. The van der Waals surface area contributed by atoms with Gasteiger partial charge in [0.25, 0.3) is 0 Å². The molecule has 0 aliphatic heterocycles. The maximum atomic E-state index is 14.3. The second-order valence-electron chi connectivity index (χ2n) is 13.1. The number of ether oxygens (including phenoxy) is 5. The van der Waals surface area contributed by atoms with Crippen molar-refractivity contribution >= 4 is 0 Å². The van der Waals surface area contributed by atoms with Crippen molar-refractivity contribution in [2.75, 3.05) is 0 Å². The summed E-state index contributed by atoms with van der Waals surface area (Å²) >= 11 is 0. The van der Waals surface area contributed by atoms with Crippen LogP contribution in [-0.4, -0.2) is 0 Å². The van der Waals surface area contributed by atoms with E-state index in [4.69, 9.17) is 23.7 Å². The Bertz CT molecular complexity index is 2430. The monoisotopic (exact) mass is 892 g/mol. The first-order valence-corrected chi connectivity index (χ1v) is 17.3. The predicted octanol–water partition coefficient (Wildman–Crippen LogP) is 12.0. The van der Waals surface area contributed by atoms with Crippen molar-refractivity contribution in [3.05, 3.63) is 181 Å². The molecule has 6 aromatic rings. The van der Waals surface area contributed by atoms with Crippen LogP contribution in [0.2, 0.25) is 0 Å². The van der Waals surface area contributed by atoms with E-state index in [0.29, 0.717) is 60.7 Å². The van der Waals surface area contributed by atoms with Crippen molar-refractivity contribution in [3.63, 3.8) is 0 Å². The molecule has 0 bridgehead atoms. The van der Waals surface area contributed by atoms with Crippen LogP contribution in [0.4, 0.5) is 65.9 Å². The van der Waals surface area contributed by atoms with Crippen LogP contribution in [0.25, 0.3) is 0 Å². The van der Waals surface area contributed by atoms with Crippen molar-refractivity contribution in [1.29, 1.82) is 0 Å². The van der Waals surface area contributed by atoms with Gasteiger partial charge in [-0.15, -0.1) is 0 Å². The van der Waals surface area contributed by atoms with Crippen LogP contribution in [0, 0.1) is 94.2 Å². The number of rotatable bonds is 15. The Kier molecular flexibility index (Phi) is 13.4. The SMILES string of the molecule is Cc1c(OCc2cc(F)c(F)c(F)c2)c(OCc2cc(F)c(F)c(F)c2)c(OCc2cc(F)c(F)c(F)c2)c(OCc2cc(F)c(F)c(F)c2)c1OCc1cc(F)c(F)c(F)c1. The van der Waals surface area contributed by atoms with E-state index in [1.54, 1.807) is 0 Å². The van der Waals surface area contributed by atoms with Crippen LogP contribution in [0.3, 0.4) is 0 Å². The average molecular weight is 893 g/mol. The van der Waals surface area contributed by atoms with Gasteiger partial charge in [0, 0.05) is 5.56 Å². The van der Waals surface area contributed by atoms with Gasteiger partial charge in [-0.25, -0.2) is 65.9 Å². The Morgan fingerprint density at radius 2 is 0.403 bits per heavy atom. The second kappa shape index (κ2) is 18.5. The Labute approximate surface area is 339 Å². The highest BCUT2D eigenvalue weighted by Gasteiger charge is 2.31. The summed E-state index contributed by atoms with van der Waals surface area (Å²) in [6.45, 7) is -3.50. The Balaban J connectivity index is 1.57. The van der Waals surface area contributed by atoms with Crippen molar-refractivity contribution in [2.24, 2.45) is 0 Å². The zero-order valence-corrected chi connectivity index (χ0v) is 31.0. The molecule has 0 spiro atoms. The molecule has 62 heavy (non-hydrogen) atoms. The molecule has 0 unspecified atom stereocenters. The van der Waals surface area contributed by atoms with E-state index in [1.807, 2.05) is 0 Å². The summed E-state index contributed by atoms with van der Waals surface area (Å²) in [4.78, 5) is 0. The van der Waals surface area contributed by atoms with E-state index in [9.17, 15) is 65.9 Å². The maximum Gasteiger partial charge on any atom is 0.211 e. The van der Waals surface area contributed by atoms with E-state index in [-0.39, 0.29) is 5.56 Å². The molecule has 0 saturated carbocycles. The molecule has 0 radical (unpaired) electrons. The van der Waals surface area contributed by atoms with Crippen LogP contribution in [0.15, 0.2) is 60.7 Å².